The summed E-state index contributed by atoms with van der Waals surface area (Å²) in [6.07, 6.45) is 1.65. The van der Waals surface area contributed by atoms with Crippen LogP contribution in [-0.2, 0) is 9.59 Å². The second-order valence-corrected chi connectivity index (χ2v) is 7.36. The molecule has 3 aromatic rings. The van der Waals surface area contributed by atoms with E-state index in [1.54, 1.807) is 79.9 Å². The lowest BCUT2D eigenvalue weighted by molar-refractivity contribution is -0.120. The number of nitrogens with one attached hydrogen (secondary N) is 1. The van der Waals surface area contributed by atoms with Gasteiger partial charge in [0.25, 0.3) is 11.8 Å². The zero-order chi connectivity index (χ0) is 23.4. The van der Waals surface area contributed by atoms with Gasteiger partial charge in [-0.1, -0.05) is 30.3 Å². The van der Waals surface area contributed by atoms with Crippen LogP contribution in [-0.4, -0.2) is 31.9 Å². The Kier molecular flexibility index (Phi) is 6.22. The van der Waals surface area contributed by atoms with Crippen molar-refractivity contribution in [1.29, 1.82) is 0 Å². The summed E-state index contributed by atoms with van der Waals surface area (Å²) in [6, 6.07) is 20.8. The smallest absolute Gasteiger partial charge is 0.261 e. The van der Waals surface area contributed by atoms with Crippen molar-refractivity contribution in [3.63, 3.8) is 0 Å². The second-order valence-electron chi connectivity index (χ2n) is 7.36. The van der Waals surface area contributed by atoms with E-state index in [2.05, 4.69) is 5.32 Å². The van der Waals surface area contributed by atoms with E-state index in [-0.39, 0.29) is 24.1 Å². The zero-order valence-corrected chi connectivity index (χ0v) is 18.2. The normalized spacial score (nSPS) is 14.5. The standard InChI is InChI=1S/C26H22N2O5/c1-32-21-11-12-23(33-2)22(16-21)27-25(30)18-8-6-7-17(13-18)14-19-15-24(29)28(26(19)31)20-9-4-3-5-10-20/h3-14,16H,15H2,1-2H3,(H,27,30)/b19-14+. The van der Waals surface area contributed by atoms with Gasteiger partial charge in [-0.2, -0.15) is 0 Å². The Morgan fingerprint density at radius 2 is 1.73 bits per heavy atom. The van der Waals surface area contributed by atoms with Crippen LogP contribution in [0, 0.1) is 0 Å². The molecule has 7 nitrogen and oxygen atoms in total. The summed E-state index contributed by atoms with van der Waals surface area (Å²) in [4.78, 5) is 39.3. The predicted octanol–water partition coefficient (Wildman–Crippen LogP) is 4.30. The first-order valence-corrected chi connectivity index (χ1v) is 10.3. The third-order valence-corrected chi connectivity index (χ3v) is 5.23. The molecule has 0 saturated carbocycles. The molecule has 0 aromatic heterocycles. The molecular weight excluding hydrogens is 420 g/mol. The maximum Gasteiger partial charge on any atom is 0.261 e. The lowest BCUT2D eigenvalue weighted by Gasteiger charge is -2.13. The molecule has 4 rings (SSSR count). The highest BCUT2D eigenvalue weighted by Gasteiger charge is 2.34. The summed E-state index contributed by atoms with van der Waals surface area (Å²) >= 11 is 0. The molecule has 0 bridgehead atoms. The zero-order valence-electron chi connectivity index (χ0n) is 18.2. The number of carbonyl (C=O) groups is 3. The van der Waals surface area contributed by atoms with Gasteiger partial charge in [0.15, 0.2) is 0 Å². The molecule has 0 spiro atoms. The largest absolute Gasteiger partial charge is 0.497 e. The Hall–Kier alpha value is -4.39. The number of amides is 3. The number of anilines is 2. The van der Waals surface area contributed by atoms with Gasteiger partial charge in [0.2, 0.25) is 5.91 Å². The first-order chi connectivity index (χ1) is 16.0. The van der Waals surface area contributed by atoms with Crippen LogP contribution in [0.4, 0.5) is 11.4 Å². The summed E-state index contributed by atoms with van der Waals surface area (Å²) in [5, 5.41) is 2.82. The fraction of sp³-hybridized carbons (Fsp3) is 0.115. The van der Waals surface area contributed by atoms with Crippen molar-refractivity contribution in [3.8, 4) is 11.5 Å². The van der Waals surface area contributed by atoms with Gasteiger partial charge < -0.3 is 14.8 Å². The number of carbonyl (C=O) groups excluding carboxylic acids is 3. The minimum atomic E-state index is -0.359. The highest BCUT2D eigenvalue weighted by molar-refractivity contribution is 6.29. The Labute approximate surface area is 191 Å². The van der Waals surface area contributed by atoms with E-state index in [9.17, 15) is 14.4 Å². The third-order valence-electron chi connectivity index (χ3n) is 5.23. The van der Waals surface area contributed by atoms with Gasteiger partial charge in [-0.3, -0.25) is 14.4 Å². The molecule has 166 valence electrons. The average Bonchev–Trinajstić information content (AvgIpc) is 3.12. The maximum atomic E-state index is 12.9. The van der Waals surface area contributed by atoms with Gasteiger partial charge in [-0.05, 0) is 48.0 Å². The van der Waals surface area contributed by atoms with Gasteiger partial charge in [-0.15, -0.1) is 0 Å². The highest BCUT2D eigenvalue weighted by atomic mass is 16.5. The van der Waals surface area contributed by atoms with Crippen LogP contribution in [0.1, 0.15) is 22.3 Å². The molecule has 0 unspecified atom stereocenters. The van der Waals surface area contributed by atoms with Crippen LogP contribution in [0.25, 0.3) is 6.08 Å². The molecule has 1 aliphatic heterocycles. The molecule has 7 heteroatoms. The van der Waals surface area contributed by atoms with Crippen LogP contribution in [0.3, 0.4) is 0 Å². The molecule has 0 radical (unpaired) electrons. The highest BCUT2D eigenvalue weighted by Crippen LogP contribution is 2.30. The Balaban J connectivity index is 1.56. The molecule has 3 amide bonds. The lowest BCUT2D eigenvalue weighted by atomic mass is 10.1. The molecule has 33 heavy (non-hydrogen) atoms. The molecule has 1 aliphatic rings. The van der Waals surface area contributed by atoms with Gasteiger partial charge >= 0.3 is 0 Å². The van der Waals surface area contributed by atoms with Gasteiger partial charge in [0, 0.05) is 17.2 Å². The molecule has 0 atom stereocenters. The Morgan fingerprint density at radius 3 is 2.45 bits per heavy atom. The molecule has 1 N–H and O–H groups in total. The summed E-state index contributed by atoms with van der Waals surface area (Å²) < 4.78 is 10.5. The maximum absolute atomic E-state index is 12.9. The van der Waals surface area contributed by atoms with Crippen molar-refractivity contribution in [2.24, 2.45) is 0 Å². The quantitative estimate of drug-likeness (QED) is 0.454. The van der Waals surface area contributed by atoms with E-state index in [1.165, 1.54) is 12.0 Å². The molecule has 1 heterocycles. The van der Waals surface area contributed by atoms with Crippen LogP contribution in [0.15, 0.2) is 78.4 Å². The van der Waals surface area contributed by atoms with Gasteiger partial charge in [0.1, 0.15) is 11.5 Å². The van der Waals surface area contributed by atoms with Crippen LogP contribution >= 0.6 is 0 Å². The minimum absolute atomic E-state index is 0.00512. The fourth-order valence-corrected chi connectivity index (χ4v) is 3.60. The first-order valence-electron chi connectivity index (χ1n) is 10.3. The van der Waals surface area contributed by atoms with Crippen molar-refractivity contribution in [2.75, 3.05) is 24.4 Å². The Bertz CT molecular complexity index is 1250. The monoisotopic (exact) mass is 442 g/mol. The Morgan fingerprint density at radius 1 is 0.939 bits per heavy atom. The topological polar surface area (TPSA) is 84.9 Å². The van der Waals surface area contributed by atoms with E-state index in [1.807, 2.05) is 6.07 Å². The van der Waals surface area contributed by atoms with Crippen molar-refractivity contribution in [2.45, 2.75) is 6.42 Å². The molecule has 1 fully saturated rings. The second kappa shape index (κ2) is 9.40. The van der Waals surface area contributed by atoms with E-state index in [0.29, 0.717) is 39.6 Å². The first kappa shape index (κ1) is 21.8. The SMILES string of the molecule is COc1ccc(OC)c(NC(=O)c2cccc(/C=C3\CC(=O)N(c4ccccc4)C3=O)c2)c1. The van der Waals surface area contributed by atoms with E-state index in [0.717, 1.165) is 0 Å². The van der Waals surface area contributed by atoms with Crippen LogP contribution in [0.2, 0.25) is 0 Å². The third kappa shape index (κ3) is 4.62. The minimum Gasteiger partial charge on any atom is -0.497 e. The molecular formula is C26H22N2O5. The van der Waals surface area contributed by atoms with Crippen molar-refractivity contribution in [3.05, 3.63) is 89.5 Å². The average molecular weight is 442 g/mol. The number of imide groups is 1. The number of benzene rings is 3. The number of hydrogen-bond donors (Lipinski definition) is 1. The van der Waals surface area contributed by atoms with E-state index in [4.69, 9.17) is 9.47 Å². The summed E-state index contributed by atoms with van der Waals surface area (Å²) in [5.41, 5.74) is 2.42. The number of nitrogens with zero attached hydrogens (tertiary/aromatic N) is 1. The fourth-order valence-electron chi connectivity index (χ4n) is 3.60. The van der Waals surface area contributed by atoms with Crippen molar-refractivity contribution >= 4 is 35.2 Å². The molecule has 0 aliphatic carbocycles. The number of ether oxygens (including phenoxy) is 2. The van der Waals surface area contributed by atoms with Crippen molar-refractivity contribution < 1.29 is 23.9 Å². The van der Waals surface area contributed by atoms with Gasteiger partial charge in [0.05, 0.1) is 32.0 Å². The summed E-state index contributed by atoms with van der Waals surface area (Å²) in [6.45, 7) is 0. The summed E-state index contributed by atoms with van der Waals surface area (Å²) in [5.74, 6) is 0.0932. The van der Waals surface area contributed by atoms with E-state index >= 15 is 0 Å². The number of methoxy groups -OCH3 is 2. The summed E-state index contributed by atoms with van der Waals surface area (Å²) in [7, 11) is 3.06. The van der Waals surface area contributed by atoms with Crippen LogP contribution < -0.4 is 19.7 Å². The molecule has 1 saturated heterocycles. The van der Waals surface area contributed by atoms with Crippen LogP contribution in [0.5, 0.6) is 11.5 Å². The van der Waals surface area contributed by atoms with Gasteiger partial charge in [-0.25, -0.2) is 4.90 Å². The number of rotatable bonds is 6. The van der Waals surface area contributed by atoms with Crippen molar-refractivity contribution in [1.82, 2.24) is 0 Å². The number of para-hydroxylation sites is 1. The van der Waals surface area contributed by atoms with E-state index < -0.39 is 0 Å². The molecule has 3 aromatic carbocycles. The lowest BCUT2D eigenvalue weighted by Crippen LogP contribution is -2.28. The predicted molar refractivity (Wildman–Crippen MR) is 125 cm³/mol. The number of hydrogen-bond acceptors (Lipinski definition) is 5.